The standard InChI is InChI=1S/C21H23BrN4O3/c1-13-4-6-16(7-5-13)20-23-17(29-24-20)12-25-8-10-26(11-9-25)21(27)18-14(2)28-15(3)19(18)22/h4-7H,8-12H2,1-3H3. The molecule has 1 fully saturated rings. The highest BCUT2D eigenvalue weighted by molar-refractivity contribution is 9.10. The number of piperazine rings is 1. The van der Waals surface area contributed by atoms with Crippen LogP contribution in [0.5, 0.6) is 0 Å². The Kier molecular flexibility index (Phi) is 5.56. The van der Waals surface area contributed by atoms with Gasteiger partial charge in [-0.15, -0.1) is 0 Å². The van der Waals surface area contributed by atoms with Crippen molar-refractivity contribution in [1.82, 2.24) is 19.9 Å². The van der Waals surface area contributed by atoms with Gasteiger partial charge in [0.1, 0.15) is 11.5 Å². The molecule has 0 unspecified atom stereocenters. The Morgan fingerprint density at radius 2 is 1.76 bits per heavy atom. The minimum absolute atomic E-state index is 0.00493. The number of carbonyl (C=O) groups excluding carboxylic acids is 1. The van der Waals surface area contributed by atoms with Crippen LogP contribution in [0.2, 0.25) is 0 Å². The van der Waals surface area contributed by atoms with E-state index in [1.165, 1.54) is 5.56 Å². The van der Waals surface area contributed by atoms with Gasteiger partial charge in [0.15, 0.2) is 0 Å². The van der Waals surface area contributed by atoms with E-state index in [0.717, 1.165) is 28.9 Å². The molecule has 0 spiro atoms. The summed E-state index contributed by atoms with van der Waals surface area (Å²) in [5.41, 5.74) is 2.76. The van der Waals surface area contributed by atoms with Gasteiger partial charge in [0.2, 0.25) is 11.7 Å². The number of rotatable bonds is 4. The summed E-state index contributed by atoms with van der Waals surface area (Å²) in [4.78, 5) is 21.5. The number of halogens is 1. The topological polar surface area (TPSA) is 75.6 Å². The van der Waals surface area contributed by atoms with Crippen LogP contribution in [-0.4, -0.2) is 52.0 Å². The lowest BCUT2D eigenvalue weighted by atomic mass is 10.1. The molecule has 0 N–H and O–H groups in total. The normalized spacial score (nSPS) is 15.1. The van der Waals surface area contributed by atoms with Crippen molar-refractivity contribution < 1.29 is 13.7 Å². The molecule has 0 bridgehead atoms. The van der Waals surface area contributed by atoms with Gasteiger partial charge in [-0.2, -0.15) is 4.98 Å². The Hall–Kier alpha value is -2.45. The van der Waals surface area contributed by atoms with Crippen molar-refractivity contribution in [2.45, 2.75) is 27.3 Å². The predicted octanol–water partition coefficient (Wildman–Crippen LogP) is 3.98. The molecule has 4 rings (SSSR count). The van der Waals surface area contributed by atoms with E-state index in [1.54, 1.807) is 0 Å². The smallest absolute Gasteiger partial charge is 0.258 e. The van der Waals surface area contributed by atoms with Gasteiger partial charge in [-0.3, -0.25) is 9.69 Å². The van der Waals surface area contributed by atoms with Crippen molar-refractivity contribution in [3.8, 4) is 11.4 Å². The molecule has 2 aromatic heterocycles. The van der Waals surface area contributed by atoms with Crippen LogP contribution < -0.4 is 0 Å². The molecule has 3 aromatic rings. The zero-order valence-electron chi connectivity index (χ0n) is 16.7. The van der Waals surface area contributed by atoms with Gasteiger partial charge in [-0.05, 0) is 36.7 Å². The van der Waals surface area contributed by atoms with Crippen molar-refractivity contribution in [3.05, 3.63) is 57.3 Å². The number of hydrogen-bond donors (Lipinski definition) is 0. The Balaban J connectivity index is 1.36. The lowest BCUT2D eigenvalue weighted by Crippen LogP contribution is -2.48. The third-order valence-corrected chi connectivity index (χ3v) is 6.15. The highest BCUT2D eigenvalue weighted by Gasteiger charge is 2.28. The Morgan fingerprint density at radius 1 is 1.07 bits per heavy atom. The van der Waals surface area contributed by atoms with Crippen LogP contribution in [0.15, 0.2) is 37.7 Å². The van der Waals surface area contributed by atoms with Crippen LogP contribution >= 0.6 is 15.9 Å². The van der Waals surface area contributed by atoms with Crippen LogP contribution in [0.4, 0.5) is 0 Å². The second kappa shape index (κ2) is 8.12. The minimum Gasteiger partial charge on any atom is -0.465 e. The van der Waals surface area contributed by atoms with Gasteiger partial charge in [0, 0.05) is 31.7 Å². The maximum Gasteiger partial charge on any atom is 0.258 e. The molecule has 29 heavy (non-hydrogen) atoms. The average molecular weight is 459 g/mol. The van der Waals surface area contributed by atoms with Crippen LogP contribution in [0, 0.1) is 20.8 Å². The van der Waals surface area contributed by atoms with Crippen molar-refractivity contribution in [2.75, 3.05) is 26.2 Å². The van der Waals surface area contributed by atoms with Crippen LogP contribution in [0.1, 0.15) is 33.3 Å². The largest absolute Gasteiger partial charge is 0.465 e. The molecule has 7 nitrogen and oxygen atoms in total. The number of nitrogens with zero attached hydrogens (tertiary/aromatic N) is 4. The molecular weight excluding hydrogens is 436 g/mol. The fourth-order valence-electron chi connectivity index (χ4n) is 3.50. The highest BCUT2D eigenvalue weighted by Crippen LogP contribution is 2.29. The minimum atomic E-state index is 0.00493. The van der Waals surface area contributed by atoms with E-state index in [-0.39, 0.29) is 5.91 Å². The molecule has 0 aliphatic carbocycles. The number of amides is 1. The first-order valence-electron chi connectivity index (χ1n) is 9.59. The third kappa shape index (κ3) is 4.13. The lowest BCUT2D eigenvalue weighted by Gasteiger charge is -2.33. The Morgan fingerprint density at radius 3 is 2.38 bits per heavy atom. The van der Waals surface area contributed by atoms with E-state index >= 15 is 0 Å². The molecular formula is C21H23BrN4O3. The summed E-state index contributed by atoms with van der Waals surface area (Å²) in [5.74, 6) is 2.57. The summed E-state index contributed by atoms with van der Waals surface area (Å²) in [6.07, 6.45) is 0. The summed E-state index contributed by atoms with van der Waals surface area (Å²) < 4.78 is 11.7. The number of aromatic nitrogens is 2. The SMILES string of the molecule is Cc1ccc(-c2noc(CN3CCN(C(=O)c4c(C)oc(C)c4Br)CC3)n2)cc1. The van der Waals surface area contributed by atoms with Crippen LogP contribution in [0.25, 0.3) is 11.4 Å². The molecule has 152 valence electrons. The molecule has 0 saturated carbocycles. The summed E-state index contributed by atoms with van der Waals surface area (Å²) in [5, 5.41) is 4.09. The number of furan rings is 1. The molecule has 1 aromatic carbocycles. The maximum absolute atomic E-state index is 12.9. The van der Waals surface area contributed by atoms with Crippen LogP contribution in [0.3, 0.4) is 0 Å². The van der Waals surface area contributed by atoms with Gasteiger partial charge in [-0.1, -0.05) is 35.0 Å². The van der Waals surface area contributed by atoms with Gasteiger partial charge in [0.25, 0.3) is 5.91 Å². The number of aryl methyl sites for hydroxylation is 3. The summed E-state index contributed by atoms with van der Waals surface area (Å²) >= 11 is 3.47. The average Bonchev–Trinajstić information content (AvgIpc) is 3.27. The Labute approximate surface area is 177 Å². The van der Waals surface area contributed by atoms with Crippen molar-refractivity contribution >= 4 is 21.8 Å². The summed E-state index contributed by atoms with van der Waals surface area (Å²) in [6.45, 7) is 9.09. The maximum atomic E-state index is 12.9. The van der Waals surface area contributed by atoms with Crippen LogP contribution in [-0.2, 0) is 6.54 Å². The summed E-state index contributed by atoms with van der Waals surface area (Å²) in [6, 6.07) is 8.05. The van der Waals surface area contributed by atoms with Gasteiger partial charge in [0.05, 0.1) is 16.6 Å². The lowest BCUT2D eigenvalue weighted by molar-refractivity contribution is 0.0612. The fraction of sp³-hybridized carbons (Fsp3) is 0.381. The zero-order chi connectivity index (χ0) is 20.5. The molecule has 3 heterocycles. The second-order valence-electron chi connectivity index (χ2n) is 7.35. The van der Waals surface area contributed by atoms with Gasteiger partial charge in [-0.25, -0.2) is 0 Å². The quantitative estimate of drug-likeness (QED) is 0.588. The molecule has 1 aliphatic heterocycles. The van der Waals surface area contributed by atoms with E-state index in [1.807, 2.05) is 49.9 Å². The first-order chi connectivity index (χ1) is 13.9. The monoisotopic (exact) mass is 458 g/mol. The first kappa shape index (κ1) is 19.8. The third-order valence-electron chi connectivity index (χ3n) is 5.20. The first-order valence-corrected chi connectivity index (χ1v) is 10.4. The van der Waals surface area contributed by atoms with Crippen molar-refractivity contribution in [1.29, 1.82) is 0 Å². The molecule has 8 heteroatoms. The molecule has 1 saturated heterocycles. The van der Waals surface area contributed by atoms with Crippen molar-refractivity contribution in [3.63, 3.8) is 0 Å². The zero-order valence-corrected chi connectivity index (χ0v) is 18.3. The number of carbonyl (C=O) groups is 1. The number of hydrogen-bond acceptors (Lipinski definition) is 6. The number of benzene rings is 1. The molecule has 1 aliphatic rings. The fourth-order valence-corrected chi connectivity index (χ4v) is 4.03. The van der Waals surface area contributed by atoms with Gasteiger partial charge < -0.3 is 13.8 Å². The van der Waals surface area contributed by atoms with Gasteiger partial charge >= 0.3 is 0 Å². The summed E-state index contributed by atoms with van der Waals surface area (Å²) in [7, 11) is 0. The molecule has 0 atom stereocenters. The van der Waals surface area contributed by atoms with Crippen molar-refractivity contribution in [2.24, 2.45) is 0 Å². The Bertz CT molecular complexity index is 1020. The predicted molar refractivity (Wildman–Crippen MR) is 112 cm³/mol. The van der Waals surface area contributed by atoms with E-state index < -0.39 is 0 Å². The molecule has 0 radical (unpaired) electrons. The van der Waals surface area contributed by atoms with E-state index in [9.17, 15) is 4.79 Å². The van der Waals surface area contributed by atoms with E-state index in [0.29, 0.717) is 42.7 Å². The van der Waals surface area contributed by atoms with E-state index in [2.05, 4.69) is 31.0 Å². The van der Waals surface area contributed by atoms with E-state index in [4.69, 9.17) is 8.94 Å². The second-order valence-corrected chi connectivity index (χ2v) is 8.14. The molecule has 1 amide bonds. The highest BCUT2D eigenvalue weighted by atomic mass is 79.9.